The van der Waals surface area contributed by atoms with E-state index in [4.69, 9.17) is 14.2 Å². The second-order valence-corrected chi connectivity index (χ2v) is 6.73. The van der Waals surface area contributed by atoms with Gasteiger partial charge in [-0.3, -0.25) is 14.9 Å². The Labute approximate surface area is 194 Å². The maximum Gasteiger partial charge on any atom is 0.343 e. The average molecular weight is 463 g/mol. The highest BCUT2D eigenvalue weighted by atomic mass is 16.6. The third kappa shape index (κ3) is 6.89. The number of rotatable bonds is 10. The molecule has 0 aliphatic carbocycles. The molecule has 1 amide bonds. The highest BCUT2D eigenvalue weighted by Crippen LogP contribution is 2.26. The second kappa shape index (κ2) is 11.8. The largest absolute Gasteiger partial charge is 0.490 e. The number of nitro benzene ring substituents is 1. The SMILES string of the molecule is CCOc1ccccc1OCC(=O)NN=Cc1cccc(OC(=O)c2ccc([N+](=O)[O-])cc2)c1. The van der Waals surface area contributed by atoms with Gasteiger partial charge in [-0.2, -0.15) is 5.10 Å². The number of hydrogen-bond acceptors (Lipinski definition) is 8. The fraction of sp³-hybridized carbons (Fsp3) is 0.125. The van der Waals surface area contributed by atoms with E-state index in [1.54, 1.807) is 48.5 Å². The van der Waals surface area contributed by atoms with E-state index in [9.17, 15) is 19.7 Å². The molecule has 0 fully saturated rings. The first-order chi connectivity index (χ1) is 16.5. The Morgan fingerprint density at radius 2 is 1.71 bits per heavy atom. The molecule has 0 bridgehead atoms. The Morgan fingerprint density at radius 1 is 1.00 bits per heavy atom. The molecular formula is C24H21N3O7. The number of nitro groups is 1. The van der Waals surface area contributed by atoms with E-state index < -0.39 is 16.8 Å². The molecule has 0 aliphatic rings. The first kappa shape index (κ1) is 23.9. The Hall–Kier alpha value is -4.73. The normalized spacial score (nSPS) is 10.5. The van der Waals surface area contributed by atoms with Crippen LogP contribution < -0.4 is 19.6 Å². The predicted molar refractivity (Wildman–Crippen MR) is 123 cm³/mol. The third-order valence-corrected chi connectivity index (χ3v) is 4.29. The van der Waals surface area contributed by atoms with Crippen molar-refractivity contribution in [1.82, 2.24) is 5.43 Å². The Bertz CT molecular complexity index is 1190. The molecular weight excluding hydrogens is 442 g/mol. The van der Waals surface area contributed by atoms with E-state index in [2.05, 4.69) is 10.5 Å². The number of carbonyl (C=O) groups excluding carboxylic acids is 2. The van der Waals surface area contributed by atoms with Crippen molar-refractivity contribution in [2.45, 2.75) is 6.92 Å². The van der Waals surface area contributed by atoms with Crippen LogP contribution in [0.4, 0.5) is 5.69 Å². The molecule has 174 valence electrons. The molecule has 0 atom stereocenters. The summed E-state index contributed by atoms with van der Waals surface area (Å²) in [7, 11) is 0. The maximum absolute atomic E-state index is 12.3. The number of amides is 1. The molecule has 0 aliphatic heterocycles. The maximum atomic E-state index is 12.3. The van der Waals surface area contributed by atoms with Gasteiger partial charge in [0.05, 0.1) is 23.3 Å². The molecule has 3 aromatic rings. The van der Waals surface area contributed by atoms with Crippen molar-refractivity contribution in [3.8, 4) is 17.2 Å². The number of nitrogens with zero attached hydrogens (tertiary/aromatic N) is 2. The van der Waals surface area contributed by atoms with Crippen molar-refractivity contribution in [2.24, 2.45) is 5.10 Å². The van der Waals surface area contributed by atoms with Crippen molar-refractivity contribution in [1.29, 1.82) is 0 Å². The Kier molecular flexibility index (Phi) is 8.28. The van der Waals surface area contributed by atoms with Gasteiger partial charge in [-0.15, -0.1) is 0 Å². The zero-order valence-corrected chi connectivity index (χ0v) is 18.2. The van der Waals surface area contributed by atoms with Crippen molar-refractivity contribution < 1.29 is 28.7 Å². The fourth-order valence-corrected chi connectivity index (χ4v) is 2.74. The van der Waals surface area contributed by atoms with Gasteiger partial charge >= 0.3 is 5.97 Å². The summed E-state index contributed by atoms with van der Waals surface area (Å²) < 4.78 is 16.2. The standard InChI is InChI=1S/C24H21N3O7/c1-2-32-21-8-3-4-9-22(21)33-16-23(28)26-25-15-17-6-5-7-20(14-17)34-24(29)18-10-12-19(13-11-18)27(30)31/h3-15H,2,16H2,1H3,(H,26,28). The predicted octanol–water partition coefficient (Wildman–Crippen LogP) is 3.74. The molecule has 10 nitrogen and oxygen atoms in total. The molecule has 0 saturated carbocycles. The number of hydrogen-bond donors (Lipinski definition) is 1. The molecule has 0 saturated heterocycles. The Morgan fingerprint density at radius 3 is 2.38 bits per heavy atom. The van der Waals surface area contributed by atoms with Crippen LogP contribution in [-0.2, 0) is 4.79 Å². The van der Waals surface area contributed by atoms with Crippen LogP contribution in [0.15, 0.2) is 77.9 Å². The van der Waals surface area contributed by atoms with Crippen LogP contribution in [0.3, 0.4) is 0 Å². The summed E-state index contributed by atoms with van der Waals surface area (Å²) in [6.45, 7) is 2.07. The third-order valence-electron chi connectivity index (χ3n) is 4.29. The molecule has 3 rings (SSSR count). The van der Waals surface area contributed by atoms with Gasteiger partial charge in [0.2, 0.25) is 0 Å². The van der Waals surface area contributed by atoms with E-state index in [1.807, 2.05) is 6.92 Å². The van der Waals surface area contributed by atoms with E-state index in [0.717, 1.165) is 0 Å². The summed E-state index contributed by atoms with van der Waals surface area (Å²) in [4.78, 5) is 34.4. The number of non-ortho nitro benzene ring substituents is 1. The van der Waals surface area contributed by atoms with E-state index >= 15 is 0 Å². The van der Waals surface area contributed by atoms with Gasteiger partial charge in [0, 0.05) is 12.1 Å². The summed E-state index contributed by atoms with van der Waals surface area (Å²) in [6.07, 6.45) is 1.38. The zero-order chi connectivity index (χ0) is 24.3. The summed E-state index contributed by atoms with van der Waals surface area (Å²) in [6, 6.07) is 18.6. The average Bonchev–Trinajstić information content (AvgIpc) is 2.84. The number of carbonyl (C=O) groups is 2. The van der Waals surface area contributed by atoms with Crippen LogP contribution in [-0.4, -0.2) is 36.2 Å². The van der Waals surface area contributed by atoms with Crippen molar-refractivity contribution in [2.75, 3.05) is 13.2 Å². The molecule has 0 radical (unpaired) electrons. The number of ether oxygens (including phenoxy) is 3. The van der Waals surface area contributed by atoms with Crippen molar-refractivity contribution in [3.05, 3.63) is 94.0 Å². The van der Waals surface area contributed by atoms with E-state index in [1.165, 1.54) is 30.5 Å². The molecule has 0 aromatic heterocycles. The number of nitrogens with one attached hydrogen (secondary N) is 1. The van der Waals surface area contributed by atoms with E-state index in [0.29, 0.717) is 23.7 Å². The Balaban J connectivity index is 1.52. The summed E-state index contributed by atoms with van der Waals surface area (Å²) in [5.41, 5.74) is 2.97. The number of benzene rings is 3. The summed E-state index contributed by atoms with van der Waals surface area (Å²) in [5, 5.41) is 14.6. The molecule has 0 unspecified atom stereocenters. The van der Waals surface area contributed by atoms with Gasteiger partial charge in [0.1, 0.15) is 5.75 Å². The quantitative estimate of drug-likeness (QED) is 0.159. The van der Waals surface area contributed by atoms with Crippen LogP contribution in [0.5, 0.6) is 17.2 Å². The van der Waals surface area contributed by atoms with Crippen LogP contribution in [0, 0.1) is 10.1 Å². The highest BCUT2D eigenvalue weighted by Gasteiger charge is 2.12. The van der Waals surface area contributed by atoms with Crippen LogP contribution in [0.25, 0.3) is 0 Å². The molecule has 0 spiro atoms. The van der Waals surface area contributed by atoms with Crippen molar-refractivity contribution in [3.63, 3.8) is 0 Å². The number of hydrazone groups is 1. The molecule has 10 heteroatoms. The first-order valence-corrected chi connectivity index (χ1v) is 10.2. The second-order valence-electron chi connectivity index (χ2n) is 6.73. The van der Waals surface area contributed by atoms with Crippen molar-refractivity contribution >= 4 is 23.8 Å². The monoisotopic (exact) mass is 463 g/mol. The lowest BCUT2D eigenvalue weighted by molar-refractivity contribution is -0.384. The minimum absolute atomic E-state index is 0.124. The van der Waals surface area contributed by atoms with Gasteiger partial charge in [-0.05, 0) is 48.9 Å². The smallest absolute Gasteiger partial charge is 0.343 e. The number of para-hydroxylation sites is 2. The molecule has 1 N–H and O–H groups in total. The van der Waals surface area contributed by atoms with Crippen LogP contribution in [0.2, 0.25) is 0 Å². The molecule has 0 heterocycles. The lowest BCUT2D eigenvalue weighted by atomic mass is 10.2. The minimum atomic E-state index is -0.665. The summed E-state index contributed by atoms with van der Waals surface area (Å²) >= 11 is 0. The minimum Gasteiger partial charge on any atom is -0.490 e. The lowest BCUT2D eigenvalue weighted by Crippen LogP contribution is -2.24. The van der Waals surface area contributed by atoms with Gasteiger partial charge in [-0.1, -0.05) is 24.3 Å². The van der Waals surface area contributed by atoms with Gasteiger partial charge in [0.25, 0.3) is 11.6 Å². The fourth-order valence-electron chi connectivity index (χ4n) is 2.74. The van der Waals surface area contributed by atoms with Gasteiger partial charge < -0.3 is 14.2 Å². The molecule has 34 heavy (non-hydrogen) atoms. The van der Waals surface area contributed by atoms with E-state index in [-0.39, 0.29) is 23.6 Å². The lowest BCUT2D eigenvalue weighted by Gasteiger charge is -2.10. The topological polar surface area (TPSA) is 129 Å². The number of esters is 1. The van der Waals surface area contributed by atoms with Gasteiger partial charge in [-0.25, -0.2) is 10.2 Å². The van der Waals surface area contributed by atoms with Gasteiger partial charge in [0.15, 0.2) is 18.1 Å². The van der Waals surface area contributed by atoms with Crippen LogP contribution in [0.1, 0.15) is 22.8 Å². The zero-order valence-electron chi connectivity index (χ0n) is 18.2. The molecule has 3 aromatic carbocycles. The summed E-state index contributed by atoms with van der Waals surface area (Å²) in [5.74, 6) is 0.104. The first-order valence-electron chi connectivity index (χ1n) is 10.2. The van der Waals surface area contributed by atoms with Crippen LogP contribution >= 0.6 is 0 Å². The highest BCUT2D eigenvalue weighted by molar-refractivity contribution is 5.91.